The second-order valence-corrected chi connectivity index (χ2v) is 7.27. The first-order valence-electron chi connectivity index (χ1n) is 6.87. The molecule has 2 aliphatic heterocycles. The summed E-state index contributed by atoms with van der Waals surface area (Å²) in [6.45, 7) is 1.71. The highest BCUT2D eigenvalue weighted by Gasteiger charge is 2.33. The minimum atomic E-state index is -3.51. The Morgan fingerprint density at radius 2 is 2.15 bits per heavy atom. The summed E-state index contributed by atoms with van der Waals surface area (Å²) >= 11 is 5.82. The summed E-state index contributed by atoms with van der Waals surface area (Å²) in [6.07, 6.45) is 3.19. The molecule has 0 radical (unpaired) electrons. The van der Waals surface area contributed by atoms with Crippen molar-refractivity contribution in [3.05, 3.63) is 29.8 Å². The van der Waals surface area contributed by atoms with Crippen LogP contribution in [0.2, 0.25) is 0 Å². The molecule has 3 rings (SSSR count). The molecule has 1 fully saturated rings. The summed E-state index contributed by atoms with van der Waals surface area (Å²) in [6, 6.07) is 7.06. The summed E-state index contributed by atoms with van der Waals surface area (Å²) in [7, 11) is -3.51. The molecule has 2 aliphatic rings. The molecule has 2 heterocycles. The van der Waals surface area contributed by atoms with E-state index in [1.165, 1.54) is 0 Å². The zero-order valence-electron chi connectivity index (χ0n) is 11.1. The Hall–Kier alpha value is -1.07. The van der Waals surface area contributed by atoms with Crippen LogP contribution in [0.4, 0.5) is 0 Å². The maximum Gasteiger partial charge on any atom is 0.285 e. The monoisotopic (exact) mass is 312 g/mol. The molecule has 1 unspecified atom stereocenters. The van der Waals surface area contributed by atoms with Crippen LogP contribution >= 0.6 is 11.6 Å². The van der Waals surface area contributed by atoms with Gasteiger partial charge in [-0.3, -0.25) is 0 Å². The van der Waals surface area contributed by atoms with Crippen molar-refractivity contribution >= 4 is 27.5 Å². The number of rotatable bonds is 2. The lowest BCUT2D eigenvalue weighted by Crippen LogP contribution is -2.40. The number of benzene rings is 1. The highest BCUT2D eigenvalue weighted by Crippen LogP contribution is 2.30. The molecule has 0 aromatic heterocycles. The zero-order valence-corrected chi connectivity index (χ0v) is 12.7. The number of piperidine rings is 1. The van der Waals surface area contributed by atoms with E-state index in [1.54, 1.807) is 12.1 Å². The van der Waals surface area contributed by atoms with Gasteiger partial charge in [0.05, 0.1) is 0 Å². The molecular weight excluding hydrogens is 296 g/mol. The molecule has 20 heavy (non-hydrogen) atoms. The fraction of sp³-hybridized carbons (Fsp3) is 0.500. The van der Waals surface area contributed by atoms with Crippen LogP contribution in [0.1, 0.15) is 24.8 Å². The summed E-state index contributed by atoms with van der Waals surface area (Å²) in [4.78, 5) is 2.43. The van der Waals surface area contributed by atoms with Gasteiger partial charge in [-0.15, -0.1) is 16.0 Å². The Morgan fingerprint density at radius 3 is 2.95 bits per heavy atom. The standard InChI is InChI=1S/C14H17ClN2O2S/c15-8-7-11-4-3-9-17(10-11)14-12-5-1-2-6-13(12)20(18,19)16-14/h1-2,5-6,11H,3-4,7-10H2. The first-order chi connectivity index (χ1) is 9.62. The molecule has 0 aliphatic carbocycles. The van der Waals surface area contributed by atoms with Crippen LogP contribution in [0.25, 0.3) is 0 Å². The third kappa shape index (κ3) is 2.44. The number of amidine groups is 1. The van der Waals surface area contributed by atoms with E-state index in [4.69, 9.17) is 11.6 Å². The van der Waals surface area contributed by atoms with Gasteiger partial charge in [0.2, 0.25) is 0 Å². The Kier molecular flexibility index (Phi) is 3.73. The zero-order chi connectivity index (χ0) is 14.2. The molecule has 0 saturated carbocycles. The number of hydrogen-bond donors (Lipinski definition) is 0. The third-order valence-electron chi connectivity index (χ3n) is 3.95. The first kappa shape index (κ1) is 13.9. The van der Waals surface area contributed by atoms with E-state index in [1.807, 2.05) is 12.1 Å². The fourth-order valence-electron chi connectivity index (χ4n) is 2.96. The topological polar surface area (TPSA) is 49.7 Å². The number of halogens is 1. The number of likely N-dealkylation sites (tertiary alicyclic amines) is 1. The lowest BCUT2D eigenvalue weighted by atomic mass is 9.95. The third-order valence-corrected chi connectivity index (χ3v) is 5.49. The summed E-state index contributed by atoms with van der Waals surface area (Å²) in [5.41, 5.74) is 0.735. The van der Waals surface area contributed by atoms with Gasteiger partial charge in [-0.25, -0.2) is 0 Å². The van der Waals surface area contributed by atoms with Crippen LogP contribution < -0.4 is 0 Å². The number of alkyl halides is 1. The maximum atomic E-state index is 12.1. The van der Waals surface area contributed by atoms with Crippen LogP contribution in [-0.2, 0) is 10.0 Å². The van der Waals surface area contributed by atoms with E-state index in [0.717, 1.165) is 37.9 Å². The maximum absolute atomic E-state index is 12.1. The predicted octanol–water partition coefficient (Wildman–Crippen LogP) is 2.48. The fourth-order valence-corrected chi connectivity index (χ4v) is 4.50. The van der Waals surface area contributed by atoms with Crippen LogP contribution in [0.3, 0.4) is 0 Å². The van der Waals surface area contributed by atoms with Crippen LogP contribution in [0, 0.1) is 5.92 Å². The van der Waals surface area contributed by atoms with Crippen molar-refractivity contribution in [3.63, 3.8) is 0 Å². The first-order valence-corrected chi connectivity index (χ1v) is 8.84. The van der Waals surface area contributed by atoms with E-state index in [2.05, 4.69) is 9.30 Å². The highest BCUT2D eigenvalue weighted by atomic mass is 35.5. The van der Waals surface area contributed by atoms with Gasteiger partial charge in [-0.05, 0) is 37.3 Å². The van der Waals surface area contributed by atoms with Gasteiger partial charge >= 0.3 is 0 Å². The average molecular weight is 313 g/mol. The van der Waals surface area contributed by atoms with Gasteiger partial charge in [-0.1, -0.05) is 12.1 Å². The van der Waals surface area contributed by atoms with Crippen LogP contribution in [0.5, 0.6) is 0 Å². The van der Waals surface area contributed by atoms with Crippen molar-refractivity contribution < 1.29 is 8.42 Å². The molecule has 108 valence electrons. The molecule has 4 nitrogen and oxygen atoms in total. The molecule has 1 aromatic rings. The minimum Gasteiger partial charge on any atom is -0.355 e. The lowest BCUT2D eigenvalue weighted by Gasteiger charge is -2.33. The Balaban J connectivity index is 1.91. The number of fused-ring (bicyclic) bond motifs is 1. The van der Waals surface area contributed by atoms with Crippen molar-refractivity contribution in [2.24, 2.45) is 10.3 Å². The Bertz CT molecular complexity index is 640. The quantitative estimate of drug-likeness (QED) is 0.788. The summed E-state index contributed by atoms with van der Waals surface area (Å²) < 4.78 is 28.1. The van der Waals surface area contributed by atoms with Crippen LogP contribution in [-0.4, -0.2) is 38.1 Å². The Morgan fingerprint density at radius 1 is 1.35 bits per heavy atom. The van der Waals surface area contributed by atoms with Crippen molar-refractivity contribution in [3.8, 4) is 0 Å². The van der Waals surface area contributed by atoms with Crippen molar-refractivity contribution in [2.45, 2.75) is 24.2 Å². The van der Waals surface area contributed by atoms with Gasteiger partial charge in [0.15, 0.2) is 5.84 Å². The smallest absolute Gasteiger partial charge is 0.285 e. The van der Waals surface area contributed by atoms with Crippen LogP contribution in [0.15, 0.2) is 33.6 Å². The van der Waals surface area contributed by atoms with Gasteiger partial charge in [-0.2, -0.15) is 8.42 Å². The number of hydrogen-bond acceptors (Lipinski definition) is 3. The van der Waals surface area contributed by atoms with E-state index >= 15 is 0 Å². The molecule has 0 N–H and O–H groups in total. The van der Waals surface area contributed by atoms with Crippen molar-refractivity contribution in [1.82, 2.24) is 4.90 Å². The normalized spacial score (nSPS) is 24.4. The van der Waals surface area contributed by atoms with E-state index < -0.39 is 10.0 Å². The molecule has 1 atom stereocenters. The van der Waals surface area contributed by atoms with Gasteiger partial charge in [0.25, 0.3) is 10.0 Å². The highest BCUT2D eigenvalue weighted by molar-refractivity contribution is 7.90. The number of nitrogens with zero attached hydrogens (tertiary/aromatic N) is 2. The average Bonchev–Trinajstić information content (AvgIpc) is 2.72. The lowest BCUT2D eigenvalue weighted by molar-refractivity contribution is 0.255. The van der Waals surface area contributed by atoms with Crippen molar-refractivity contribution in [1.29, 1.82) is 0 Å². The van der Waals surface area contributed by atoms with E-state index in [9.17, 15) is 8.42 Å². The van der Waals surface area contributed by atoms with Gasteiger partial charge in [0.1, 0.15) is 4.90 Å². The largest absolute Gasteiger partial charge is 0.355 e. The van der Waals surface area contributed by atoms with Gasteiger partial charge in [0, 0.05) is 24.5 Å². The van der Waals surface area contributed by atoms with Crippen molar-refractivity contribution in [2.75, 3.05) is 19.0 Å². The SMILES string of the molecule is O=S1(=O)N=C(N2CCCC(CCCl)C2)c2ccccc21. The second-order valence-electron chi connectivity index (χ2n) is 5.32. The van der Waals surface area contributed by atoms with E-state index in [0.29, 0.717) is 22.5 Å². The summed E-state index contributed by atoms with van der Waals surface area (Å²) in [5, 5.41) is 0. The van der Waals surface area contributed by atoms with E-state index in [-0.39, 0.29) is 0 Å². The number of sulfonamides is 1. The molecule has 0 spiro atoms. The second kappa shape index (κ2) is 5.37. The van der Waals surface area contributed by atoms with Gasteiger partial charge < -0.3 is 4.90 Å². The Labute approximate surface area is 124 Å². The molecule has 1 saturated heterocycles. The summed E-state index contributed by atoms with van der Waals surface area (Å²) in [5.74, 6) is 1.79. The molecule has 0 amide bonds. The molecule has 1 aromatic carbocycles. The molecule has 0 bridgehead atoms. The predicted molar refractivity (Wildman–Crippen MR) is 79.8 cm³/mol. The molecule has 6 heteroatoms. The molecular formula is C14H17ClN2O2S. The minimum absolute atomic E-state index is 0.328.